The van der Waals surface area contributed by atoms with E-state index in [0.29, 0.717) is 16.9 Å². The predicted octanol–water partition coefficient (Wildman–Crippen LogP) is 2.56. The van der Waals surface area contributed by atoms with Gasteiger partial charge < -0.3 is 11.1 Å². The van der Waals surface area contributed by atoms with E-state index in [1.807, 2.05) is 0 Å². The van der Waals surface area contributed by atoms with Gasteiger partial charge >= 0.3 is 0 Å². The molecule has 4 nitrogen and oxygen atoms in total. The van der Waals surface area contributed by atoms with Crippen LogP contribution in [-0.4, -0.2) is 16.5 Å². The molecule has 1 aromatic heterocycles. The second-order valence-corrected chi connectivity index (χ2v) is 4.05. The van der Waals surface area contributed by atoms with E-state index in [4.69, 9.17) is 17.3 Å². The van der Waals surface area contributed by atoms with Crippen LogP contribution < -0.4 is 11.1 Å². The molecule has 1 rings (SSSR count). The van der Waals surface area contributed by atoms with Crippen LogP contribution in [0.25, 0.3) is 0 Å². The number of nitrogens with two attached hydrogens (primary N) is 1. The highest BCUT2D eigenvalue weighted by Crippen LogP contribution is 2.13. The smallest absolute Gasteiger partial charge is 0.223 e. The van der Waals surface area contributed by atoms with Crippen LogP contribution in [-0.2, 0) is 0 Å². The van der Waals surface area contributed by atoms with Gasteiger partial charge in [0.15, 0.2) is 0 Å². The Labute approximate surface area is 95.3 Å². The van der Waals surface area contributed by atoms with Crippen LogP contribution in [0.4, 0.5) is 11.8 Å². The summed E-state index contributed by atoms with van der Waals surface area (Å²) in [5, 5.41) is 3.54. The van der Waals surface area contributed by atoms with Crippen LogP contribution in [0.3, 0.4) is 0 Å². The molecule has 0 spiro atoms. The van der Waals surface area contributed by atoms with E-state index >= 15 is 0 Å². The molecule has 0 aliphatic rings. The molecule has 1 atom stereocenters. The zero-order valence-electron chi connectivity index (χ0n) is 9.13. The SMILES string of the molecule is CCC(C)CCNc1cc(Cl)nc(N)n1. The second-order valence-electron chi connectivity index (χ2n) is 3.66. The molecule has 5 heteroatoms. The normalized spacial score (nSPS) is 12.5. The first-order valence-electron chi connectivity index (χ1n) is 5.15. The summed E-state index contributed by atoms with van der Waals surface area (Å²) >= 11 is 5.75. The average molecular weight is 229 g/mol. The van der Waals surface area contributed by atoms with Crippen molar-refractivity contribution >= 4 is 23.4 Å². The van der Waals surface area contributed by atoms with E-state index in [2.05, 4.69) is 29.1 Å². The maximum absolute atomic E-state index is 5.75. The number of halogens is 1. The largest absolute Gasteiger partial charge is 0.370 e. The van der Waals surface area contributed by atoms with Crippen LogP contribution in [0.5, 0.6) is 0 Å². The Hall–Kier alpha value is -1.03. The third-order valence-corrected chi connectivity index (χ3v) is 2.55. The highest BCUT2D eigenvalue weighted by molar-refractivity contribution is 6.29. The van der Waals surface area contributed by atoms with Gasteiger partial charge in [-0.05, 0) is 12.3 Å². The van der Waals surface area contributed by atoms with Crippen LogP contribution in [0, 0.1) is 5.92 Å². The van der Waals surface area contributed by atoms with Crippen molar-refractivity contribution in [3.05, 3.63) is 11.2 Å². The van der Waals surface area contributed by atoms with Crippen molar-refractivity contribution in [3.63, 3.8) is 0 Å². The molecule has 15 heavy (non-hydrogen) atoms. The van der Waals surface area contributed by atoms with E-state index in [0.717, 1.165) is 13.0 Å². The number of aromatic nitrogens is 2. The first kappa shape index (κ1) is 12.0. The lowest BCUT2D eigenvalue weighted by atomic mass is 10.1. The van der Waals surface area contributed by atoms with Gasteiger partial charge in [0.25, 0.3) is 0 Å². The number of rotatable bonds is 5. The molecule has 84 valence electrons. The lowest BCUT2D eigenvalue weighted by Crippen LogP contribution is -2.08. The van der Waals surface area contributed by atoms with E-state index in [9.17, 15) is 0 Å². The second kappa shape index (κ2) is 5.75. The van der Waals surface area contributed by atoms with Gasteiger partial charge in [-0.3, -0.25) is 0 Å². The van der Waals surface area contributed by atoms with Gasteiger partial charge in [0, 0.05) is 12.6 Å². The molecule has 3 N–H and O–H groups in total. The summed E-state index contributed by atoms with van der Waals surface area (Å²) in [6, 6.07) is 1.68. The minimum Gasteiger partial charge on any atom is -0.370 e. The Kier molecular flexibility index (Phi) is 4.62. The molecule has 1 unspecified atom stereocenters. The Bertz CT molecular complexity index is 296. The molecular weight excluding hydrogens is 212 g/mol. The molecular formula is C10H17ClN4. The highest BCUT2D eigenvalue weighted by Gasteiger charge is 2.01. The van der Waals surface area contributed by atoms with Crippen molar-refractivity contribution in [2.45, 2.75) is 26.7 Å². The molecule has 0 bridgehead atoms. The van der Waals surface area contributed by atoms with Crippen molar-refractivity contribution in [2.24, 2.45) is 5.92 Å². The molecule has 0 fully saturated rings. The molecule has 0 aromatic carbocycles. The quantitative estimate of drug-likeness (QED) is 0.761. The van der Waals surface area contributed by atoms with Crippen LogP contribution in [0.2, 0.25) is 5.15 Å². The number of nitrogen functional groups attached to an aromatic ring is 1. The fourth-order valence-corrected chi connectivity index (χ4v) is 1.37. The molecule has 0 radical (unpaired) electrons. The Morgan fingerprint density at radius 1 is 1.53 bits per heavy atom. The maximum Gasteiger partial charge on any atom is 0.223 e. The van der Waals surface area contributed by atoms with Gasteiger partial charge in [-0.25, -0.2) is 4.98 Å². The summed E-state index contributed by atoms with van der Waals surface area (Å²) in [5.74, 6) is 1.61. The summed E-state index contributed by atoms with van der Waals surface area (Å²) in [4.78, 5) is 7.81. The summed E-state index contributed by atoms with van der Waals surface area (Å²) in [6.07, 6.45) is 2.30. The first-order valence-corrected chi connectivity index (χ1v) is 5.53. The lowest BCUT2D eigenvalue weighted by Gasteiger charge is -2.09. The number of hydrogen-bond acceptors (Lipinski definition) is 4. The number of anilines is 2. The summed E-state index contributed by atoms with van der Waals surface area (Å²) in [6.45, 7) is 5.29. The zero-order chi connectivity index (χ0) is 11.3. The summed E-state index contributed by atoms with van der Waals surface area (Å²) in [7, 11) is 0. The predicted molar refractivity (Wildman–Crippen MR) is 64.0 cm³/mol. The van der Waals surface area contributed by atoms with E-state index in [-0.39, 0.29) is 5.95 Å². The van der Waals surface area contributed by atoms with Crippen molar-refractivity contribution in [1.29, 1.82) is 0 Å². The fourth-order valence-electron chi connectivity index (χ4n) is 1.18. The van der Waals surface area contributed by atoms with E-state index in [1.54, 1.807) is 6.07 Å². The highest BCUT2D eigenvalue weighted by atomic mass is 35.5. The van der Waals surface area contributed by atoms with E-state index < -0.39 is 0 Å². The summed E-state index contributed by atoms with van der Waals surface area (Å²) in [5.41, 5.74) is 5.47. The zero-order valence-corrected chi connectivity index (χ0v) is 9.88. The number of hydrogen-bond donors (Lipinski definition) is 2. The van der Waals surface area contributed by atoms with Crippen LogP contribution in [0.15, 0.2) is 6.07 Å². The maximum atomic E-state index is 5.75. The fraction of sp³-hybridized carbons (Fsp3) is 0.600. The molecule has 0 aliphatic heterocycles. The molecule has 0 saturated heterocycles. The van der Waals surface area contributed by atoms with Crippen molar-refractivity contribution < 1.29 is 0 Å². The minimum atomic E-state index is 0.202. The van der Waals surface area contributed by atoms with Crippen LogP contribution >= 0.6 is 11.6 Å². The molecule has 0 amide bonds. The average Bonchev–Trinajstić information content (AvgIpc) is 2.16. The Morgan fingerprint density at radius 3 is 2.87 bits per heavy atom. The van der Waals surface area contributed by atoms with Gasteiger partial charge in [-0.2, -0.15) is 4.98 Å². The van der Waals surface area contributed by atoms with E-state index in [1.165, 1.54) is 6.42 Å². The Morgan fingerprint density at radius 2 is 2.27 bits per heavy atom. The Balaban J connectivity index is 2.43. The summed E-state index contributed by atoms with van der Waals surface area (Å²) < 4.78 is 0. The van der Waals surface area contributed by atoms with Gasteiger partial charge in [-0.1, -0.05) is 31.9 Å². The topological polar surface area (TPSA) is 63.8 Å². The van der Waals surface area contributed by atoms with Gasteiger partial charge in [0.1, 0.15) is 11.0 Å². The molecule has 1 heterocycles. The standard InChI is InChI=1S/C10H17ClN4/c1-3-7(2)4-5-13-9-6-8(11)14-10(12)15-9/h6-7H,3-5H2,1-2H3,(H3,12,13,14,15). The minimum absolute atomic E-state index is 0.202. The molecule has 1 aromatic rings. The monoisotopic (exact) mass is 228 g/mol. The van der Waals surface area contributed by atoms with Crippen LogP contribution in [0.1, 0.15) is 26.7 Å². The lowest BCUT2D eigenvalue weighted by molar-refractivity contribution is 0.531. The molecule has 0 aliphatic carbocycles. The van der Waals surface area contributed by atoms with Crippen molar-refractivity contribution in [1.82, 2.24) is 9.97 Å². The van der Waals surface area contributed by atoms with Crippen molar-refractivity contribution in [2.75, 3.05) is 17.6 Å². The number of nitrogens with one attached hydrogen (secondary N) is 1. The van der Waals surface area contributed by atoms with Crippen molar-refractivity contribution in [3.8, 4) is 0 Å². The molecule has 0 saturated carbocycles. The number of nitrogens with zero attached hydrogens (tertiary/aromatic N) is 2. The first-order chi connectivity index (χ1) is 7.11. The van der Waals surface area contributed by atoms with Gasteiger partial charge in [0.2, 0.25) is 5.95 Å². The van der Waals surface area contributed by atoms with Gasteiger partial charge in [-0.15, -0.1) is 0 Å². The van der Waals surface area contributed by atoms with Gasteiger partial charge in [0.05, 0.1) is 0 Å². The third-order valence-electron chi connectivity index (χ3n) is 2.35. The third kappa shape index (κ3) is 4.34.